The summed E-state index contributed by atoms with van der Waals surface area (Å²) in [4.78, 5) is 2.12. The Hall–Kier alpha value is -0.590. The van der Waals surface area contributed by atoms with Gasteiger partial charge in [-0.25, -0.2) is 0 Å². The molecule has 1 aliphatic heterocycles. The van der Waals surface area contributed by atoms with E-state index in [-0.39, 0.29) is 12.2 Å². The van der Waals surface area contributed by atoms with Crippen LogP contribution in [0.2, 0.25) is 0 Å². The lowest BCUT2D eigenvalue weighted by Crippen LogP contribution is -2.45. The second kappa shape index (κ2) is 3.70. The van der Waals surface area contributed by atoms with E-state index in [9.17, 15) is 0 Å². The number of rotatable bonds is 1. The monoisotopic (exact) mass is 154 g/mol. The van der Waals surface area contributed by atoms with E-state index in [1.165, 1.54) is 0 Å². The molecule has 1 rings (SSSR count). The third-order valence-electron chi connectivity index (χ3n) is 1.79. The average molecular weight is 154 g/mol. The zero-order valence-corrected chi connectivity index (χ0v) is 7.08. The van der Waals surface area contributed by atoms with Crippen LogP contribution in [0.25, 0.3) is 0 Å². The fourth-order valence-corrected chi connectivity index (χ4v) is 1.51. The van der Waals surface area contributed by atoms with Crippen molar-refractivity contribution >= 4 is 0 Å². The predicted molar refractivity (Wildman–Crippen MR) is 42.1 cm³/mol. The van der Waals surface area contributed by atoms with Gasteiger partial charge >= 0.3 is 0 Å². The Labute approximate surface area is 67.6 Å². The van der Waals surface area contributed by atoms with Crippen molar-refractivity contribution in [3.05, 3.63) is 0 Å². The maximum atomic E-state index is 8.46. The molecule has 3 nitrogen and oxygen atoms in total. The molecular weight excluding hydrogens is 140 g/mol. The van der Waals surface area contributed by atoms with Gasteiger partial charge in [-0.3, -0.25) is 4.90 Å². The highest BCUT2D eigenvalue weighted by molar-refractivity contribution is 4.81. The minimum absolute atomic E-state index is 0.270. The standard InChI is InChI=1S/C8H14N2O/c1-7-5-10(4-3-9)6-8(2)11-7/h7-8H,4-6H2,1-2H3/t7-,8+. The fourth-order valence-electron chi connectivity index (χ4n) is 1.51. The fraction of sp³-hybridized carbons (Fsp3) is 0.875. The van der Waals surface area contributed by atoms with Crippen LogP contribution in [0.3, 0.4) is 0 Å². The smallest absolute Gasteiger partial charge is 0.0867 e. The molecule has 0 aromatic rings. The van der Waals surface area contributed by atoms with Crippen LogP contribution < -0.4 is 0 Å². The molecule has 0 N–H and O–H groups in total. The molecule has 0 amide bonds. The maximum absolute atomic E-state index is 8.46. The maximum Gasteiger partial charge on any atom is 0.0867 e. The first-order valence-electron chi connectivity index (χ1n) is 3.97. The molecule has 11 heavy (non-hydrogen) atoms. The minimum Gasteiger partial charge on any atom is -0.373 e. The summed E-state index contributed by atoms with van der Waals surface area (Å²) in [5.41, 5.74) is 0. The van der Waals surface area contributed by atoms with Crippen LogP contribution in [0, 0.1) is 11.3 Å². The molecule has 1 fully saturated rings. The summed E-state index contributed by atoms with van der Waals surface area (Å²) in [5, 5.41) is 8.46. The van der Waals surface area contributed by atoms with E-state index in [4.69, 9.17) is 10.00 Å². The van der Waals surface area contributed by atoms with Gasteiger partial charge in [0.15, 0.2) is 0 Å². The number of hydrogen-bond acceptors (Lipinski definition) is 3. The first-order chi connectivity index (χ1) is 5.22. The molecule has 0 aromatic heterocycles. The van der Waals surface area contributed by atoms with Crippen LogP contribution in [-0.4, -0.2) is 36.7 Å². The van der Waals surface area contributed by atoms with Gasteiger partial charge in [0.1, 0.15) is 0 Å². The lowest BCUT2D eigenvalue weighted by molar-refractivity contribution is -0.0641. The summed E-state index contributed by atoms with van der Waals surface area (Å²) in [6, 6.07) is 2.15. The highest BCUT2D eigenvalue weighted by Crippen LogP contribution is 2.09. The Morgan fingerprint density at radius 2 is 2.00 bits per heavy atom. The molecule has 1 heterocycles. The summed E-state index contributed by atoms with van der Waals surface area (Å²) >= 11 is 0. The third-order valence-corrected chi connectivity index (χ3v) is 1.79. The van der Waals surface area contributed by atoms with Gasteiger partial charge in [-0.05, 0) is 13.8 Å². The third kappa shape index (κ3) is 2.49. The average Bonchev–Trinajstić information content (AvgIpc) is 1.85. The number of nitrogens with zero attached hydrogens (tertiary/aromatic N) is 2. The van der Waals surface area contributed by atoms with E-state index >= 15 is 0 Å². The SMILES string of the molecule is C[C@@H]1CN(CC#N)C[C@H](C)O1. The molecule has 0 saturated carbocycles. The minimum atomic E-state index is 0.270. The Balaban J connectivity index is 2.38. The van der Waals surface area contributed by atoms with Crippen molar-refractivity contribution in [2.45, 2.75) is 26.1 Å². The van der Waals surface area contributed by atoms with E-state index in [1.807, 2.05) is 13.8 Å². The van der Waals surface area contributed by atoms with Crippen molar-refractivity contribution in [3.8, 4) is 6.07 Å². The van der Waals surface area contributed by atoms with Crippen LogP contribution in [0.4, 0.5) is 0 Å². The predicted octanol–water partition coefficient (Wildman–Crippen LogP) is 0.619. The second-order valence-corrected chi connectivity index (χ2v) is 3.11. The largest absolute Gasteiger partial charge is 0.373 e. The Kier molecular flexibility index (Phi) is 2.86. The Bertz CT molecular complexity index is 154. The quantitative estimate of drug-likeness (QED) is 0.519. The first-order valence-corrected chi connectivity index (χ1v) is 3.97. The van der Waals surface area contributed by atoms with E-state index in [0.717, 1.165) is 13.1 Å². The van der Waals surface area contributed by atoms with E-state index in [1.54, 1.807) is 0 Å². The van der Waals surface area contributed by atoms with Gasteiger partial charge < -0.3 is 4.74 Å². The second-order valence-electron chi connectivity index (χ2n) is 3.11. The van der Waals surface area contributed by atoms with Crippen LogP contribution in [-0.2, 0) is 4.74 Å². The number of ether oxygens (including phenoxy) is 1. The Morgan fingerprint density at radius 1 is 1.45 bits per heavy atom. The molecule has 62 valence electrons. The van der Waals surface area contributed by atoms with Crippen LogP contribution in [0.1, 0.15) is 13.8 Å². The summed E-state index contributed by atoms with van der Waals surface area (Å²) in [7, 11) is 0. The highest BCUT2D eigenvalue weighted by Gasteiger charge is 2.21. The summed E-state index contributed by atoms with van der Waals surface area (Å²) < 4.78 is 5.51. The highest BCUT2D eigenvalue weighted by atomic mass is 16.5. The van der Waals surface area contributed by atoms with Crippen molar-refractivity contribution in [3.63, 3.8) is 0 Å². The number of nitriles is 1. The molecule has 3 heteroatoms. The van der Waals surface area contributed by atoms with Gasteiger partial charge in [0.2, 0.25) is 0 Å². The van der Waals surface area contributed by atoms with Gasteiger partial charge in [0, 0.05) is 13.1 Å². The molecule has 0 spiro atoms. The van der Waals surface area contributed by atoms with Gasteiger partial charge in [0.05, 0.1) is 24.8 Å². The van der Waals surface area contributed by atoms with Gasteiger partial charge in [-0.1, -0.05) is 0 Å². The number of hydrogen-bond donors (Lipinski definition) is 0. The Morgan fingerprint density at radius 3 is 2.45 bits per heavy atom. The van der Waals surface area contributed by atoms with Crippen molar-refractivity contribution in [2.75, 3.05) is 19.6 Å². The van der Waals surface area contributed by atoms with Gasteiger partial charge in [0.25, 0.3) is 0 Å². The molecule has 0 unspecified atom stereocenters. The normalized spacial score (nSPS) is 33.2. The lowest BCUT2D eigenvalue weighted by atomic mass is 10.2. The van der Waals surface area contributed by atoms with Crippen molar-refractivity contribution in [1.29, 1.82) is 5.26 Å². The zero-order valence-electron chi connectivity index (χ0n) is 7.08. The molecular formula is C8H14N2O. The molecule has 0 radical (unpaired) electrons. The van der Waals surface area contributed by atoms with Crippen molar-refractivity contribution < 1.29 is 4.74 Å². The van der Waals surface area contributed by atoms with Crippen LogP contribution in [0.5, 0.6) is 0 Å². The summed E-state index contributed by atoms with van der Waals surface area (Å²) in [6.07, 6.45) is 0.541. The number of morpholine rings is 1. The molecule has 2 atom stereocenters. The van der Waals surface area contributed by atoms with Crippen LogP contribution >= 0.6 is 0 Å². The topological polar surface area (TPSA) is 36.3 Å². The van der Waals surface area contributed by atoms with E-state index in [0.29, 0.717) is 6.54 Å². The van der Waals surface area contributed by atoms with E-state index < -0.39 is 0 Å². The van der Waals surface area contributed by atoms with Gasteiger partial charge in [-0.2, -0.15) is 5.26 Å². The molecule has 1 aliphatic rings. The molecule has 0 aromatic carbocycles. The zero-order chi connectivity index (χ0) is 8.27. The van der Waals surface area contributed by atoms with E-state index in [2.05, 4.69) is 11.0 Å². The summed E-state index contributed by atoms with van der Waals surface area (Å²) in [6.45, 7) is 6.38. The summed E-state index contributed by atoms with van der Waals surface area (Å²) in [5.74, 6) is 0. The van der Waals surface area contributed by atoms with Crippen molar-refractivity contribution in [1.82, 2.24) is 4.90 Å². The lowest BCUT2D eigenvalue weighted by Gasteiger charge is -2.33. The van der Waals surface area contributed by atoms with Crippen molar-refractivity contribution in [2.24, 2.45) is 0 Å². The molecule has 1 saturated heterocycles. The molecule has 0 aliphatic carbocycles. The molecule has 0 bridgehead atoms. The first kappa shape index (κ1) is 8.51. The van der Waals surface area contributed by atoms with Crippen LogP contribution in [0.15, 0.2) is 0 Å². The van der Waals surface area contributed by atoms with Gasteiger partial charge in [-0.15, -0.1) is 0 Å².